The first-order chi connectivity index (χ1) is 22.1. The molecule has 2 N–H and O–H groups in total. The highest BCUT2D eigenvalue weighted by Gasteiger charge is 2.46. The van der Waals surface area contributed by atoms with Gasteiger partial charge in [0, 0.05) is 55.1 Å². The summed E-state index contributed by atoms with van der Waals surface area (Å²) in [4.78, 5) is 31.6. The number of aromatic nitrogens is 3. The Morgan fingerprint density at radius 2 is 1.89 bits per heavy atom. The van der Waals surface area contributed by atoms with Crippen LogP contribution in [0.1, 0.15) is 26.3 Å². The SMILES string of the molecule is CC(O)C(=O)N1CC(F)C(Oc2ccc(-c3ncnc(Nc4ccc(N5CCN(C6COC6)CC5)cc4)n3)cc2C#N)C(C)(C)C1. The minimum Gasteiger partial charge on any atom is -0.485 e. The van der Waals surface area contributed by atoms with Gasteiger partial charge in [-0.3, -0.25) is 9.69 Å². The van der Waals surface area contributed by atoms with Crippen LogP contribution in [-0.4, -0.2) is 113 Å². The number of hydrogen-bond donors (Lipinski definition) is 2. The zero-order valence-electron chi connectivity index (χ0n) is 26.3. The normalized spacial score (nSPS) is 22.4. The minimum atomic E-state index is -1.51. The van der Waals surface area contributed by atoms with E-state index < -0.39 is 29.7 Å². The molecule has 3 aromatic rings. The number of likely N-dealkylation sites (tertiary alicyclic amines) is 1. The van der Waals surface area contributed by atoms with Crippen molar-refractivity contribution in [2.24, 2.45) is 5.41 Å². The van der Waals surface area contributed by atoms with Crippen molar-refractivity contribution in [1.29, 1.82) is 5.26 Å². The van der Waals surface area contributed by atoms with E-state index in [1.165, 1.54) is 23.8 Å². The highest BCUT2D eigenvalue weighted by Crippen LogP contribution is 2.36. The lowest BCUT2D eigenvalue weighted by molar-refractivity contribution is -0.149. The van der Waals surface area contributed by atoms with Gasteiger partial charge in [-0.2, -0.15) is 10.2 Å². The summed E-state index contributed by atoms with van der Waals surface area (Å²) < 4.78 is 26.8. The summed E-state index contributed by atoms with van der Waals surface area (Å²) in [6, 6.07) is 15.8. The summed E-state index contributed by atoms with van der Waals surface area (Å²) in [5.74, 6) is 0.422. The summed E-state index contributed by atoms with van der Waals surface area (Å²) in [6.07, 6.45) is -2.23. The number of alkyl halides is 1. The van der Waals surface area contributed by atoms with Crippen LogP contribution in [0.3, 0.4) is 0 Å². The Labute approximate surface area is 267 Å². The zero-order valence-corrected chi connectivity index (χ0v) is 26.3. The molecule has 3 saturated heterocycles. The molecule has 12 nitrogen and oxygen atoms in total. The fourth-order valence-electron chi connectivity index (χ4n) is 6.26. The van der Waals surface area contributed by atoms with E-state index in [0.717, 1.165) is 45.1 Å². The van der Waals surface area contributed by atoms with Crippen LogP contribution in [0.25, 0.3) is 11.4 Å². The summed E-state index contributed by atoms with van der Waals surface area (Å²) in [6.45, 7) is 10.7. The third-order valence-corrected chi connectivity index (χ3v) is 8.88. The van der Waals surface area contributed by atoms with E-state index in [2.05, 4.69) is 48.3 Å². The Morgan fingerprint density at radius 3 is 2.52 bits per heavy atom. The van der Waals surface area contributed by atoms with Gasteiger partial charge in [0.15, 0.2) is 12.0 Å². The number of nitrogens with zero attached hydrogens (tertiary/aromatic N) is 7. The maximum Gasteiger partial charge on any atom is 0.251 e. The molecule has 242 valence electrons. The largest absolute Gasteiger partial charge is 0.485 e. The van der Waals surface area contributed by atoms with Crippen molar-refractivity contribution in [1.82, 2.24) is 24.8 Å². The van der Waals surface area contributed by atoms with Gasteiger partial charge in [0.2, 0.25) is 5.95 Å². The van der Waals surface area contributed by atoms with Gasteiger partial charge in [0.1, 0.15) is 30.4 Å². The Balaban J connectivity index is 1.10. The number of aliphatic hydroxyl groups excluding tert-OH is 1. The highest BCUT2D eigenvalue weighted by molar-refractivity contribution is 5.80. The van der Waals surface area contributed by atoms with Crippen LogP contribution in [0.15, 0.2) is 48.8 Å². The van der Waals surface area contributed by atoms with Gasteiger partial charge in [0.25, 0.3) is 5.91 Å². The Morgan fingerprint density at radius 1 is 1.15 bits per heavy atom. The number of rotatable bonds is 8. The van der Waals surface area contributed by atoms with Crippen molar-refractivity contribution in [3.8, 4) is 23.2 Å². The maximum atomic E-state index is 15.4. The van der Waals surface area contributed by atoms with Gasteiger partial charge in [0.05, 0.1) is 31.4 Å². The molecule has 6 rings (SSSR count). The molecular weight excluding hydrogens is 591 g/mol. The highest BCUT2D eigenvalue weighted by atomic mass is 19.1. The quantitative estimate of drug-likeness (QED) is 0.380. The fourth-order valence-corrected chi connectivity index (χ4v) is 6.26. The van der Waals surface area contributed by atoms with Gasteiger partial charge in [-0.25, -0.2) is 14.4 Å². The lowest BCUT2D eigenvalue weighted by Gasteiger charge is -2.45. The first kappa shape index (κ1) is 31.6. The van der Waals surface area contributed by atoms with Crippen molar-refractivity contribution >= 4 is 23.2 Å². The van der Waals surface area contributed by atoms with Crippen molar-refractivity contribution in [2.75, 3.05) is 62.7 Å². The molecular formula is C33H39FN8O4. The number of nitriles is 1. The molecule has 2 aromatic carbocycles. The van der Waals surface area contributed by atoms with Gasteiger partial charge in [-0.1, -0.05) is 13.8 Å². The van der Waals surface area contributed by atoms with Crippen LogP contribution in [0, 0.1) is 16.7 Å². The molecule has 1 aromatic heterocycles. The van der Waals surface area contributed by atoms with Crippen molar-refractivity contribution in [2.45, 2.75) is 45.2 Å². The van der Waals surface area contributed by atoms with Gasteiger partial charge in [-0.15, -0.1) is 0 Å². The second-order valence-corrected chi connectivity index (χ2v) is 12.8. The molecule has 1 amide bonds. The molecule has 4 heterocycles. The van der Waals surface area contributed by atoms with E-state index in [4.69, 9.17) is 9.47 Å². The standard InChI is InChI=1S/C33H39FN8O4/c1-21(43)31(44)42-16-27(34)29(33(2,3)19-42)46-28-9-4-22(14-23(28)15-35)30-36-20-37-32(39-30)38-24-5-7-25(8-6-24)40-10-12-41(13-11-40)26-17-45-18-26/h4-9,14,20-21,26-27,29,43H,10-13,16-19H2,1-3H3,(H,36,37,38,39). The molecule has 3 unspecified atom stereocenters. The number of piperazine rings is 1. The number of amides is 1. The Kier molecular flexibility index (Phi) is 9.04. The fraction of sp³-hybridized carbons (Fsp3) is 0.485. The number of benzene rings is 2. The van der Waals surface area contributed by atoms with E-state index >= 15 is 4.39 Å². The predicted octanol–water partition coefficient (Wildman–Crippen LogP) is 3.01. The number of hydrogen-bond acceptors (Lipinski definition) is 11. The minimum absolute atomic E-state index is 0.200. The van der Waals surface area contributed by atoms with Crippen molar-refractivity contribution < 1.29 is 23.8 Å². The average Bonchev–Trinajstić information content (AvgIpc) is 3.02. The van der Waals surface area contributed by atoms with Crippen molar-refractivity contribution in [3.05, 3.63) is 54.4 Å². The second-order valence-electron chi connectivity index (χ2n) is 12.8. The summed E-state index contributed by atoms with van der Waals surface area (Å²) >= 11 is 0. The second kappa shape index (κ2) is 13.2. The number of carbonyl (C=O) groups is 1. The Hall–Kier alpha value is -4.38. The summed E-state index contributed by atoms with van der Waals surface area (Å²) in [5, 5.41) is 22.8. The lowest BCUT2D eigenvalue weighted by atomic mass is 9.79. The van der Waals surface area contributed by atoms with E-state index in [9.17, 15) is 15.2 Å². The zero-order chi connectivity index (χ0) is 32.4. The molecule has 3 atom stereocenters. The molecule has 0 radical (unpaired) electrons. The van der Waals surface area contributed by atoms with E-state index in [1.54, 1.807) is 32.0 Å². The van der Waals surface area contributed by atoms with E-state index in [1.807, 2.05) is 12.1 Å². The number of ether oxygens (including phenoxy) is 2. The summed E-state index contributed by atoms with van der Waals surface area (Å²) in [5.41, 5.74) is 2.00. The van der Waals surface area contributed by atoms with Crippen LogP contribution in [0.5, 0.6) is 5.75 Å². The maximum absolute atomic E-state index is 15.4. The van der Waals surface area contributed by atoms with Crippen LogP contribution in [-0.2, 0) is 9.53 Å². The average molecular weight is 631 g/mol. The van der Waals surface area contributed by atoms with Gasteiger partial charge in [-0.05, 0) is 49.4 Å². The third-order valence-electron chi connectivity index (χ3n) is 8.88. The molecule has 13 heteroatoms. The van der Waals surface area contributed by atoms with Crippen LogP contribution >= 0.6 is 0 Å². The molecule has 46 heavy (non-hydrogen) atoms. The first-order valence-corrected chi connectivity index (χ1v) is 15.6. The van der Waals surface area contributed by atoms with Gasteiger partial charge < -0.3 is 29.7 Å². The number of piperidine rings is 1. The number of anilines is 3. The molecule has 3 aliphatic rings. The number of nitrogens with one attached hydrogen (secondary N) is 1. The molecule has 3 fully saturated rings. The van der Waals surface area contributed by atoms with Gasteiger partial charge >= 0.3 is 0 Å². The molecule has 0 bridgehead atoms. The monoisotopic (exact) mass is 630 g/mol. The Bertz CT molecular complexity index is 1590. The molecule has 0 saturated carbocycles. The topological polar surface area (TPSA) is 140 Å². The molecule has 0 aliphatic carbocycles. The third kappa shape index (κ3) is 6.74. The van der Waals surface area contributed by atoms with Crippen molar-refractivity contribution in [3.63, 3.8) is 0 Å². The van der Waals surface area contributed by atoms with Crippen LogP contribution in [0.2, 0.25) is 0 Å². The smallest absolute Gasteiger partial charge is 0.251 e. The number of carbonyl (C=O) groups excluding carboxylic acids is 1. The molecule has 3 aliphatic heterocycles. The van der Waals surface area contributed by atoms with E-state index in [-0.39, 0.29) is 24.4 Å². The van der Waals surface area contributed by atoms with E-state index in [0.29, 0.717) is 23.4 Å². The van der Waals surface area contributed by atoms with Crippen LogP contribution < -0.4 is 15.0 Å². The van der Waals surface area contributed by atoms with Crippen LogP contribution in [0.4, 0.5) is 21.7 Å². The number of halogens is 1. The predicted molar refractivity (Wildman–Crippen MR) is 169 cm³/mol. The summed E-state index contributed by atoms with van der Waals surface area (Å²) in [7, 11) is 0. The lowest BCUT2D eigenvalue weighted by Crippen LogP contribution is -2.60. The first-order valence-electron chi connectivity index (χ1n) is 15.6. The number of aliphatic hydroxyl groups is 1. The molecule has 0 spiro atoms.